The Kier molecular flexibility index (Phi) is 5.48. The summed E-state index contributed by atoms with van der Waals surface area (Å²) in [5, 5.41) is 3.01. The number of aryl methyl sites for hydroxylation is 1. The summed E-state index contributed by atoms with van der Waals surface area (Å²) in [6.07, 6.45) is 0. The first kappa shape index (κ1) is 17.6. The summed E-state index contributed by atoms with van der Waals surface area (Å²) in [7, 11) is 1.67. The van der Waals surface area contributed by atoms with Crippen LogP contribution in [0.3, 0.4) is 0 Å². The molecule has 2 amide bonds. The van der Waals surface area contributed by atoms with Crippen LogP contribution < -0.4 is 15.0 Å². The van der Waals surface area contributed by atoms with E-state index in [9.17, 15) is 4.79 Å². The smallest absolute Gasteiger partial charge is 0.321 e. The van der Waals surface area contributed by atoms with Gasteiger partial charge in [-0.25, -0.2) is 4.79 Å². The van der Waals surface area contributed by atoms with Gasteiger partial charge in [-0.3, -0.25) is 0 Å². The molecule has 1 heterocycles. The van der Waals surface area contributed by atoms with Gasteiger partial charge in [0.25, 0.3) is 0 Å². The maximum absolute atomic E-state index is 12.5. The van der Waals surface area contributed by atoms with Gasteiger partial charge in [0.2, 0.25) is 0 Å². The summed E-state index contributed by atoms with van der Waals surface area (Å²) in [4.78, 5) is 16.7. The quantitative estimate of drug-likeness (QED) is 0.837. The van der Waals surface area contributed by atoms with Gasteiger partial charge in [-0.05, 0) is 48.9 Å². The van der Waals surface area contributed by atoms with Gasteiger partial charge in [-0.1, -0.05) is 22.0 Å². The van der Waals surface area contributed by atoms with Crippen LogP contribution in [0.2, 0.25) is 0 Å². The SMILES string of the molecule is COc1ccc(N2CCN(C(=O)Nc3cc(Br)ccc3C)CC2)cc1. The number of halogens is 1. The maximum Gasteiger partial charge on any atom is 0.321 e. The average molecular weight is 404 g/mol. The van der Waals surface area contributed by atoms with Crippen molar-refractivity contribution >= 4 is 33.3 Å². The molecular formula is C19H22BrN3O2. The molecule has 5 nitrogen and oxygen atoms in total. The molecule has 0 radical (unpaired) electrons. The topological polar surface area (TPSA) is 44.8 Å². The molecule has 0 spiro atoms. The minimum absolute atomic E-state index is 0.0458. The summed E-state index contributed by atoms with van der Waals surface area (Å²) in [5.74, 6) is 0.853. The number of nitrogens with zero attached hydrogens (tertiary/aromatic N) is 2. The first-order valence-corrected chi connectivity index (χ1v) is 9.07. The minimum Gasteiger partial charge on any atom is -0.497 e. The predicted octanol–water partition coefficient (Wildman–Crippen LogP) is 4.12. The van der Waals surface area contributed by atoms with Crippen LogP contribution in [-0.4, -0.2) is 44.2 Å². The van der Waals surface area contributed by atoms with E-state index < -0.39 is 0 Å². The Labute approximate surface area is 156 Å². The zero-order valence-electron chi connectivity index (χ0n) is 14.5. The van der Waals surface area contributed by atoms with E-state index in [0.29, 0.717) is 13.1 Å². The Balaban J connectivity index is 1.57. The molecule has 2 aromatic carbocycles. The first-order chi connectivity index (χ1) is 12.1. The lowest BCUT2D eigenvalue weighted by Crippen LogP contribution is -2.50. The Morgan fingerprint density at radius 1 is 1.08 bits per heavy atom. The average Bonchev–Trinajstić information content (AvgIpc) is 2.65. The molecule has 0 bridgehead atoms. The summed E-state index contributed by atoms with van der Waals surface area (Å²) in [6.45, 7) is 5.02. The number of methoxy groups -OCH3 is 1. The molecular weight excluding hydrogens is 382 g/mol. The molecule has 0 saturated carbocycles. The van der Waals surface area contributed by atoms with Crippen molar-refractivity contribution < 1.29 is 9.53 Å². The van der Waals surface area contributed by atoms with E-state index in [2.05, 4.69) is 38.3 Å². The maximum atomic E-state index is 12.5. The van der Waals surface area contributed by atoms with E-state index in [1.807, 2.05) is 42.2 Å². The van der Waals surface area contributed by atoms with Crippen LogP contribution in [0.5, 0.6) is 5.75 Å². The number of nitrogens with one attached hydrogen (secondary N) is 1. The molecule has 0 unspecified atom stereocenters. The van der Waals surface area contributed by atoms with Crippen LogP contribution in [0.1, 0.15) is 5.56 Å². The molecule has 1 N–H and O–H groups in total. The first-order valence-electron chi connectivity index (χ1n) is 8.28. The van der Waals surface area contributed by atoms with Crippen molar-refractivity contribution in [2.45, 2.75) is 6.92 Å². The van der Waals surface area contributed by atoms with Crippen LogP contribution >= 0.6 is 15.9 Å². The molecule has 1 fully saturated rings. The lowest BCUT2D eigenvalue weighted by Gasteiger charge is -2.36. The third kappa shape index (κ3) is 4.25. The predicted molar refractivity (Wildman–Crippen MR) is 105 cm³/mol. The largest absolute Gasteiger partial charge is 0.497 e. The fourth-order valence-electron chi connectivity index (χ4n) is 2.88. The zero-order chi connectivity index (χ0) is 17.8. The van der Waals surface area contributed by atoms with Gasteiger partial charge in [0.05, 0.1) is 7.11 Å². The number of hydrogen-bond acceptors (Lipinski definition) is 3. The molecule has 1 aliphatic heterocycles. The molecule has 1 saturated heterocycles. The van der Waals surface area contributed by atoms with Gasteiger partial charge in [0.1, 0.15) is 5.75 Å². The normalized spacial score (nSPS) is 14.4. The van der Waals surface area contributed by atoms with Gasteiger partial charge in [0.15, 0.2) is 0 Å². The van der Waals surface area contributed by atoms with Crippen molar-refractivity contribution in [2.75, 3.05) is 43.5 Å². The molecule has 0 aliphatic carbocycles. The number of urea groups is 1. The van der Waals surface area contributed by atoms with Gasteiger partial charge in [0, 0.05) is 42.0 Å². The number of piperazine rings is 1. The van der Waals surface area contributed by atoms with Gasteiger partial charge >= 0.3 is 6.03 Å². The van der Waals surface area contributed by atoms with Crippen LogP contribution in [0.15, 0.2) is 46.9 Å². The van der Waals surface area contributed by atoms with Gasteiger partial charge < -0.3 is 19.9 Å². The number of hydrogen-bond donors (Lipinski definition) is 1. The number of amides is 2. The second-order valence-electron chi connectivity index (χ2n) is 6.06. The van der Waals surface area contributed by atoms with Crippen molar-refractivity contribution in [2.24, 2.45) is 0 Å². The highest BCUT2D eigenvalue weighted by atomic mass is 79.9. The lowest BCUT2D eigenvalue weighted by atomic mass is 10.2. The Morgan fingerprint density at radius 3 is 2.40 bits per heavy atom. The van der Waals surface area contributed by atoms with Crippen LogP contribution in [-0.2, 0) is 0 Å². The van der Waals surface area contributed by atoms with E-state index in [4.69, 9.17) is 4.74 Å². The molecule has 3 rings (SSSR count). The number of carbonyl (C=O) groups excluding carboxylic acids is 1. The van der Waals surface area contributed by atoms with Crippen LogP contribution in [0.4, 0.5) is 16.2 Å². The second-order valence-corrected chi connectivity index (χ2v) is 6.98. The molecule has 0 atom stereocenters. The molecule has 25 heavy (non-hydrogen) atoms. The third-order valence-electron chi connectivity index (χ3n) is 4.45. The summed E-state index contributed by atoms with van der Waals surface area (Å²) in [6, 6.07) is 13.9. The number of anilines is 2. The Hall–Kier alpha value is -2.21. The summed E-state index contributed by atoms with van der Waals surface area (Å²) >= 11 is 3.45. The molecule has 1 aliphatic rings. The second kappa shape index (κ2) is 7.78. The molecule has 2 aromatic rings. The third-order valence-corrected chi connectivity index (χ3v) is 4.94. The minimum atomic E-state index is -0.0458. The van der Waals surface area contributed by atoms with E-state index in [0.717, 1.165) is 40.2 Å². The fourth-order valence-corrected chi connectivity index (χ4v) is 3.25. The number of benzene rings is 2. The monoisotopic (exact) mass is 403 g/mol. The van der Waals surface area contributed by atoms with Crippen molar-refractivity contribution in [3.05, 3.63) is 52.5 Å². The molecule has 0 aromatic heterocycles. The van der Waals surface area contributed by atoms with Gasteiger partial charge in [-0.2, -0.15) is 0 Å². The highest BCUT2D eigenvalue weighted by Gasteiger charge is 2.21. The molecule has 6 heteroatoms. The van der Waals surface area contributed by atoms with Crippen molar-refractivity contribution in [3.63, 3.8) is 0 Å². The van der Waals surface area contributed by atoms with E-state index in [1.54, 1.807) is 7.11 Å². The highest BCUT2D eigenvalue weighted by molar-refractivity contribution is 9.10. The van der Waals surface area contributed by atoms with Gasteiger partial charge in [-0.15, -0.1) is 0 Å². The van der Waals surface area contributed by atoms with Crippen molar-refractivity contribution in [3.8, 4) is 5.75 Å². The van der Waals surface area contributed by atoms with Crippen LogP contribution in [0.25, 0.3) is 0 Å². The van der Waals surface area contributed by atoms with Crippen molar-refractivity contribution in [1.29, 1.82) is 0 Å². The molecule has 132 valence electrons. The summed E-state index contributed by atoms with van der Waals surface area (Å²) in [5.41, 5.74) is 3.05. The summed E-state index contributed by atoms with van der Waals surface area (Å²) < 4.78 is 6.15. The van der Waals surface area contributed by atoms with Crippen molar-refractivity contribution in [1.82, 2.24) is 4.90 Å². The fraction of sp³-hybridized carbons (Fsp3) is 0.316. The van der Waals surface area contributed by atoms with Crippen LogP contribution in [0, 0.1) is 6.92 Å². The van der Waals surface area contributed by atoms with E-state index >= 15 is 0 Å². The Bertz CT molecular complexity index is 741. The van der Waals surface area contributed by atoms with E-state index in [1.165, 1.54) is 0 Å². The van der Waals surface area contributed by atoms with E-state index in [-0.39, 0.29) is 6.03 Å². The number of ether oxygens (including phenoxy) is 1. The Morgan fingerprint density at radius 2 is 1.76 bits per heavy atom. The standard InChI is InChI=1S/C19H22BrN3O2/c1-14-3-4-15(20)13-18(14)21-19(24)23-11-9-22(10-12-23)16-5-7-17(25-2)8-6-16/h3-8,13H,9-12H2,1-2H3,(H,21,24). The lowest BCUT2D eigenvalue weighted by molar-refractivity contribution is 0.208. The number of rotatable bonds is 3. The highest BCUT2D eigenvalue weighted by Crippen LogP contribution is 2.23. The zero-order valence-corrected chi connectivity index (χ0v) is 16.0. The number of carbonyl (C=O) groups is 1.